The molecule has 2 atom stereocenters. The van der Waals surface area contributed by atoms with E-state index in [4.69, 9.17) is 4.74 Å². The van der Waals surface area contributed by atoms with E-state index in [2.05, 4.69) is 30.7 Å². The Labute approximate surface area is 142 Å². The van der Waals surface area contributed by atoms with Gasteiger partial charge in [0.2, 0.25) is 0 Å². The van der Waals surface area contributed by atoms with Crippen molar-refractivity contribution in [2.75, 3.05) is 13.1 Å². The second-order valence-electron chi connectivity index (χ2n) is 7.19. The van der Waals surface area contributed by atoms with Crippen LogP contribution in [-0.2, 0) is 4.74 Å². The number of rotatable bonds is 2. The molecule has 0 unspecified atom stereocenters. The summed E-state index contributed by atoms with van der Waals surface area (Å²) in [5.74, 6) is -0.0958. The molecule has 1 aliphatic rings. The van der Waals surface area contributed by atoms with Gasteiger partial charge in [-0.25, -0.2) is 4.98 Å². The van der Waals surface area contributed by atoms with Crippen LogP contribution in [0.25, 0.3) is 0 Å². The van der Waals surface area contributed by atoms with Crippen LogP contribution in [0, 0.1) is 5.41 Å². The number of amides is 1. The van der Waals surface area contributed by atoms with Crippen LogP contribution in [0.5, 0.6) is 0 Å². The minimum absolute atomic E-state index is 0.0444. The number of nitrogens with zero attached hydrogens (tertiary/aromatic N) is 3. The summed E-state index contributed by atoms with van der Waals surface area (Å²) in [5, 5.41) is 0. The molecule has 1 aromatic carbocycles. The molecule has 0 saturated carbocycles. The van der Waals surface area contributed by atoms with Crippen molar-refractivity contribution < 1.29 is 9.53 Å². The monoisotopic (exact) mass is 325 g/mol. The molecule has 5 nitrogen and oxygen atoms in total. The summed E-state index contributed by atoms with van der Waals surface area (Å²) in [6.45, 7) is 7.48. The van der Waals surface area contributed by atoms with E-state index < -0.39 is 0 Å². The van der Waals surface area contributed by atoms with Crippen LogP contribution >= 0.6 is 0 Å². The maximum Gasteiger partial charge on any atom is 0.274 e. The molecule has 0 aliphatic carbocycles. The van der Waals surface area contributed by atoms with Gasteiger partial charge in [-0.2, -0.15) is 0 Å². The molecule has 24 heavy (non-hydrogen) atoms. The first-order valence-corrected chi connectivity index (χ1v) is 8.21. The Morgan fingerprint density at radius 1 is 1.17 bits per heavy atom. The number of ether oxygens (including phenoxy) is 1. The largest absolute Gasteiger partial charge is 0.366 e. The summed E-state index contributed by atoms with van der Waals surface area (Å²) >= 11 is 0. The molecule has 2 heterocycles. The third-order valence-corrected chi connectivity index (χ3v) is 4.31. The SMILES string of the molecule is CC(C)(C)[C@H]1CN(C(=O)c2cnccn2)C[C@@H](c2ccccc2)O1. The van der Waals surface area contributed by atoms with Gasteiger partial charge in [-0.05, 0) is 11.0 Å². The smallest absolute Gasteiger partial charge is 0.274 e. The van der Waals surface area contributed by atoms with Gasteiger partial charge >= 0.3 is 0 Å². The summed E-state index contributed by atoms with van der Waals surface area (Å²) in [6, 6.07) is 10.1. The van der Waals surface area contributed by atoms with Crippen molar-refractivity contribution in [1.82, 2.24) is 14.9 Å². The van der Waals surface area contributed by atoms with Crippen molar-refractivity contribution in [2.45, 2.75) is 33.0 Å². The van der Waals surface area contributed by atoms with Gasteiger partial charge in [0.25, 0.3) is 5.91 Å². The molecular formula is C19H23N3O2. The number of morpholine rings is 1. The lowest BCUT2D eigenvalue weighted by molar-refractivity contribution is -0.119. The molecular weight excluding hydrogens is 302 g/mol. The molecule has 1 aromatic heterocycles. The highest BCUT2D eigenvalue weighted by molar-refractivity contribution is 5.92. The Bertz CT molecular complexity index is 683. The Hall–Kier alpha value is -2.27. The molecule has 126 valence electrons. The zero-order valence-corrected chi connectivity index (χ0v) is 14.3. The van der Waals surface area contributed by atoms with E-state index in [-0.39, 0.29) is 23.5 Å². The minimum Gasteiger partial charge on any atom is -0.366 e. The predicted molar refractivity (Wildman–Crippen MR) is 91.4 cm³/mol. The third-order valence-electron chi connectivity index (χ3n) is 4.31. The lowest BCUT2D eigenvalue weighted by atomic mass is 9.87. The van der Waals surface area contributed by atoms with E-state index >= 15 is 0 Å². The molecule has 0 N–H and O–H groups in total. The Morgan fingerprint density at radius 3 is 2.54 bits per heavy atom. The summed E-state index contributed by atoms with van der Waals surface area (Å²) in [4.78, 5) is 22.8. The second-order valence-corrected chi connectivity index (χ2v) is 7.19. The van der Waals surface area contributed by atoms with Crippen molar-refractivity contribution in [2.24, 2.45) is 5.41 Å². The van der Waals surface area contributed by atoms with Crippen LogP contribution in [0.2, 0.25) is 0 Å². The molecule has 3 rings (SSSR count). The zero-order chi connectivity index (χ0) is 17.2. The van der Waals surface area contributed by atoms with Crippen molar-refractivity contribution in [1.29, 1.82) is 0 Å². The summed E-state index contributed by atoms with van der Waals surface area (Å²) in [6.07, 6.45) is 4.45. The lowest BCUT2D eigenvalue weighted by Crippen LogP contribution is -2.51. The number of aromatic nitrogens is 2. The van der Waals surface area contributed by atoms with E-state index in [1.165, 1.54) is 6.20 Å². The van der Waals surface area contributed by atoms with Crippen molar-refractivity contribution in [3.63, 3.8) is 0 Å². The fourth-order valence-electron chi connectivity index (χ4n) is 2.83. The van der Waals surface area contributed by atoms with Gasteiger partial charge in [-0.3, -0.25) is 9.78 Å². The Balaban J connectivity index is 1.87. The van der Waals surface area contributed by atoms with Gasteiger partial charge < -0.3 is 9.64 Å². The van der Waals surface area contributed by atoms with Crippen LogP contribution in [-0.4, -0.2) is 40.0 Å². The first kappa shape index (κ1) is 16.6. The maximum absolute atomic E-state index is 12.8. The average molecular weight is 325 g/mol. The van der Waals surface area contributed by atoms with Gasteiger partial charge in [0.05, 0.1) is 18.8 Å². The van der Waals surface area contributed by atoms with E-state index in [0.29, 0.717) is 18.8 Å². The first-order valence-electron chi connectivity index (χ1n) is 8.21. The predicted octanol–water partition coefficient (Wildman–Crippen LogP) is 3.11. The van der Waals surface area contributed by atoms with E-state index in [1.54, 1.807) is 12.4 Å². The fourth-order valence-corrected chi connectivity index (χ4v) is 2.83. The molecule has 2 aromatic rings. The van der Waals surface area contributed by atoms with Crippen LogP contribution in [0.1, 0.15) is 42.9 Å². The third kappa shape index (κ3) is 3.62. The van der Waals surface area contributed by atoms with Gasteiger partial charge in [-0.15, -0.1) is 0 Å². The molecule has 1 fully saturated rings. The number of carbonyl (C=O) groups excluding carboxylic acids is 1. The quantitative estimate of drug-likeness (QED) is 0.851. The van der Waals surface area contributed by atoms with Gasteiger partial charge in [0, 0.05) is 18.9 Å². The summed E-state index contributed by atoms with van der Waals surface area (Å²) in [5.41, 5.74) is 1.40. The minimum atomic E-state index is -0.134. The number of benzene rings is 1. The van der Waals surface area contributed by atoms with Crippen LogP contribution in [0.4, 0.5) is 0 Å². The Morgan fingerprint density at radius 2 is 1.92 bits per heavy atom. The standard InChI is InChI=1S/C19H23N3O2/c1-19(2,3)17-13-22(18(23)15-11-20-9-10-21-15)12-16(24-17)14-7-5-4-6-8-14/h4-11,16-17H,12-13H2,1-3H3/t16-,17+/m0/s1. The van der Waals surface area contributed by atoms with Gasteiger partial charge in [0.15, 0.2) is 0 Å². The number of hydrogen-bond donors (Lipinski definition) is 0. The molecule has 1 aliphatic heterocycles. The van der Waals surface area contributed by atoms with Crippen molar-refractivity contribution in [3.8, 4) is 0 Å². The lowest BCUT2D eigenvalue weighted by Gasteiger charge is -2.43. The Kier molecular flexibility index (Phi) is 4.62. The van der Waals surface area contributed by atoms with Gasteiger partial charge in [0.1, 0.15) is 11.8 Å². The van der Waals surface area contributed by atoms with Crippen molar-refractivity contribution in [3.05, 3.63) is 60.2 Å². The molecule has 0 bridgehead atoms. The number of hydrogen-bond acceptors (Lipinski definition) is 4. The fraction of sp³-hybridized carbons (Fsp3) is 0.421. The van der Waals surface area contributed by atoms with Crippen LogP contribution in [0.3, 0.4) is 0 Å². The molecule has 1 saturated heterocycles. The molecule has 5 heteroatoms. The highest BCUT2D eigenvalue weighted by Gasteiger charge is 2.37. The second kappa shape index (κ2) is 6.69. The van der Waals surface area contributed by atoms with E-state index in [9.17, 15) is 4.79 Å². The maximum atomic E-state index is 12.8. The molecule has 0 radical (unpaired) electrons. The number of carbonyl (C=O) groups is 1. The summed E-state index contributed by atoms with van der Waals surface area (Å²) in [7, 11) is 0. The van der Waals surface area contributed by atoms with E-state index in [1.807, 2.05) is 35.2 Å². The summed E-state index contributed by atoms with van der Waals surface area (Å²) < 4.78 is 6.32. The van der Waals surface area contributed by atoms with Gasteiger partial charge in [-0.1, -0.05) is 51.1 Å². The van der Waals surface area contributed by atoms with Crippen LogP contribution in [0.15, 0.2) is 48.9 Å². The molecule has 1 amide bonds. The van der Waals surface area contributed by atoms with Crippen molar-refractivity contribution >= 4 is 5.91 Å². The van der Waals surface area contributed by atoms with Crippen LogP contribution < -0.4 is 0 Å². The topological polar surface area (TPSA) is 55.3 Å². The first-order chi connectivity index (χ1) is 11.4. The highest BCUT2D eigenvalue weighted by Crippen LogP contribution is 2.33. The normalized spacial score (nSPS) is 21.5. The average Bonchev–Trinajstić information content (AvgIpc) is 2.61. The highest BCUT2D eigenvalue weighted by atomic mass is 16.5. The van der Waals surface area contributed by atoms with E-state index in [0.717, 1.165) is 5.56 Å². The molecule has 0 spiro atoms. The zero-order valence-electron chi connectivity index (χ0n) is 14.3.